The summed E-state index contributed by atoms with van der Waals surface area (Å²) in [4.78, 5) is 9.70. The Morgan fingerprint density at radius 1 is 1.07 bits per heavy atom. The lowest BCUT2D eigenvalue weighted by Crippen LogP contribution is -2.49. The molecule has 0 radical (unpaired) electrons. The largest absolute Gasteiger partial charge is 0.497 e. The first kappa shape index (κ1) is 17.5. The van der Waals surface area contributed by atoms with Crippen LogP contribution in [0.25, 0.3) is 10.8 Å². The predicted molar refractivity (Wildman–Crippen MR) is 114 cm³/mol. The third-order valence-electron chi connectivity index (χ3n) is 6.26. The summed E-state index contributed by atoms with van der Waals surface area (Å²) in [5.74, 6) is 0.926. The molecule has 0 spiro atoms. The van der Waals surface area contributed by atoms with Gasteiger partial charge in [0.2, 0.25) is 0 Å². The van der Waals surface area contributed by atoms with Crippen molar-refractivity contribution in [3.63, 3.8) is 0 Å². The van der Waals surface area contributed by atoms with E-state index in [0.717, 1.165) is 31.8 Å². The van der Waals surface area contributed by atoms with Crippen LogP contribution in [0.3, 0.4) is 0 Å². The lowest BCUT2D eigenvalue weighted by atomic mass is 9.95. The zero-order chi connectivity index (χ0) is 18.9. The molecule has 5 rings (SSSR count). The number of hydrogen-bond donors (Lipinski definition) is 0. The minimum absolute atomic E-state index is 0.582. The van der Waals surface area contributed by atoms with E-state index in [2.05, 4.69) is 63.4 Å². The molecule has 1 atom stereocenters. The van der Waals surface area contributed by atoms with Crippen molar-refractivity contribution in [1.82, 2.24) is 9.88 Å². The van der Waals surface area contributed by atoms with E-state index >= 15 is 0 Å². The van der Waals surface area contributed by atoms with Crippen molar-refractivity contribution in [3.05, 3.63) is 66.0 Å². The maximum Gasteiger partial charge on any atom is 0.118 e. The molecule has 0 bridgehead atoms. The highest BCUT2D eigenvalue weighted by Gasteiger charge is 2.29. The summed E-state index contributed by atoms with van der Waals surface area (Å²) >= 11 is 0. The van der Waals surface area contributed by atoms with Gasteiger partial charge in [-0.05, 0) is 55.1 Å². The van der Waals surface area contributed by atoms with Crippen LogP contribution in [0.5, 0.6) is 5.75 Å². The highest BCUT2D eigenvalue weighted by atomic mass is 16.5. The summed E-state index contributed by atoms with van der Waals surface area (Å²) in [6.07, 6.45) is 7.69. The van der Waals surface area contributed by atoms with Crippen molar-refractivity contribution in [1.29, 1.82) is 0 Å². The zero-order valence-electron chi connectivity index (χ0n) is 16.5. The first-order valence-corrected chi connectivity index (χ1v) is 10.3. The van der Waals surface area contributed by atoms with Gasteiger partial charge in [-0.1, -0.05) is 24.3 Å². The molecule has 1 saturated heterocycles. The zero-order valence-corrected chi connectivity index (χ0v) is 16.5. The van der Waals surface area contributed by atoms with Crippen molar-refractivity contribution in [2.24, 2.45) is 0 Å². The molecule has 0 N–H and O–H groups in total. The van der Waals surface area contributed by atoms with Gasteiger partial charge in [-0.25, -0.2) is 0 Å². The molecule has 28 heavy (non-hydrogen) atoms. The molecule has 3 aromatic rings. The molecule has 144 valence electrons. The smallest absolute Gasteiger partial charge is 0.118 e. The fraction of sp³-hybridized carbons (Fsp3) is 0.375. The van der Waals surface area contributed by atoms with Gasteiger partial charge in [-0.15, -0.1) is 0 Å². The lowest BCUT2D eigenvalue weighted by molar-refractivity contribution is 0.196. The predicted octanol–water partition coefficient (Wildman–Crippen LogP) is 4.27. The number of benzene rings is 2. The van der Waals surface area contributed by atoms with Crippen molar-refractivity contribution in [3.8, 4) is 5.75 Å². The molecule has 3 heterocycles. The Balaban J connectivity index is 1.36. The van der Waals surface area contributed by atoms with E-state index < -0.39 is 0 Å². The molecule has 1 unspecified atom stereocenters. The summed E-state index contributed by atoms with van der Waals surface area (Å²) in [6.45, 7) is 4.42. The monoisotopic (exact) mass is 373 g/mol. The van der Waals surface area contributed by atoms with Gasteiger partial charge in [0.25, 0.3) is 0 Å². The second-order valence-corrected chi connectivity index (χ2v) is 8.00. The minimum atomic E-state index is 0.582. The number of methoxy groups -OCH3 is 1. The summed E-state index contributed by atoms with van der Waals surface area (Å²) in [7, 11) is 1.72. The highest BCUT2D eigenvalue weighted by molar-refractivity contribution is 5.97. The van der Waals surface area contributed by atoms with Gasteiger partial charge in [0.1, 0.15) is 5.75 Å². The van der Waals surface area contributed by atoms with Gasteiger partial charge >= 0.3 is 0 Å². The Morgan fingerprint density at radius 2 is 1.96 bits per heavy atom. The number of aromatic nitrogens is 1. The van der Waals surface area contributed by atoms with Crippen LogP contribution in [-0.4, -0.2) is 42.7 Å². The van der Waals surface area contributed by atoms with Gasteiger partial charge in [-0.2, -0.15) is 0 Å². The number of nitrogens with zero attached hydrogens (tertiary/aromatic N) is 3. The summed E-state index contributed by atoms with van der Waals surface area (Å²) in [5.41, 5.74) is 4.16. The molecule has 4 nitrogen and oxygen atoms in total. The van der Waals surface area contributed by atoms with E-state index in [1.807, 2.05) is 6.20 Å². The van der Waals surface area contributed by atoms with Gasteiger partial charge in [-0.3, -0.25) is 9.88 Å². The first-order chi connectivity index (χ1) is 13.8. The molecule has 1 fully saturated rings. The van der Waals surface area contributed by atoms with E-state index in [4.69, 9.17) is 4.74 Å². The lowest BCUT2D eigenvalue weighted by Gasteiger charge is -2.43. The van der Waals surface area contributed by atoms with Crippen LogP contribution in [0.1, 0.15) is 24.0 Å². The van der Waals surface area contributed by atoms with E-state index in [1.54, 1.807) is 7.11 Å². The molecule has 2 aromatic carbocycles. The third kappa shape index (κ3) is 3.22. The molecule has 0 aliphatic carbocycles. The molecule has 2 aliphatic heterocycles. The number of rotatable bonds is 4. The quantitative estimate of drug-likeness (QED) is 0.683. The van der Waals surface area contributed by atoms with Gasteiger partial charge in [0.15, 0.2) is 0 Å². The second kappa shape index (κ2) is 7.44. The van der Waals surface area contributed by atoms with Crippen LogP contribution >= 0.6 is 0 Å². The van der Waals surface area contributed by atoms with Crippen molar-refractivity contribution in [2.45, 2.75) is 31.8 Å². The number of anilines is 1. The maximum absolute atomic E-state index is 5.29. The maximum atomic E-state index is 5.29. The van der Waals surface area contributed by atoms with E-state index in [1.165, 1.54) is 47.0 Å². The van der Waals surface area contributed by atoms with Crippen LogP contribution in [0.2, 0.25) is 0 Å². The molecule has 2 aliphatic rings. The van der Waals surface area contributed by atoms with Gasteiger partial charge in [0, 0.05) is 54.5 Å². The summed E-state index contributed by atoms with van der Waals surface area (Å²) in [5, 5.41) is 2.68. The summed E-state index contributed by atoms with van der Waals surface area (Å²) in [6, 6.07) is 15.8. The van der Waals surface area contributed by atoms with Crippen LogP contribution in [-0.2, 0) is 13.0 Å². The number of ether oxygens (including phenoxy) is 1. The van der Waals surface area contributed by atoms with Crippen LogP contribution in [0, 0.1) is 0 Å². The Hall–Kier alpha value is -2.59. The average molecular weight is 374 g/mol. The molecule has 1 aromatic heterocycles. The fourth-order valence-corrected chi connectivity index (χ4v) is 4.87. The average Bonchev–Trinajstić information content (AvgIpc) is 2.75. The molecular formula is C24H27N3O. The first-order valence-electron chi connectivity index (χ1n) is 10.3. The molecular weight excluding hydrogens is 346 g/mol. The van der Waals surface area contributed by atoms with Crippen molar-refractivity contribution >= 4 is 16.5 Å². The van der Waals surface area contributed by atoms with E-state index in [9.17, 15) is 0 Å². The van der Waals surface area contributed by atoms with E-state index in [-0.39, 0.29) is 0 Å². The van der Waals surface area contributed by atoms with Gasteiger partial charge in [0.05, 0.1) is 7.11 Å². The topological polar surface area (TPSA) is 28.6 Å². The second-order valence-electron chi connectivity index (χ2n) is 8.00. The number of hydrogen-bond acceptors (Lipinski definition) is 4. The Labute approximate surface area is 166 Å². The molecule has 4 heteroatoms. The Kier molecular flexibility index (Phi) is 4.65. The minimum Gasteiger partial charge on any atom is -0.497 e. The number of pyridine rings is 1. The standard InChI is InChI=1S/C24H27N3O/c1-28-22-9-7-18(8-10-22)16-26-12-3-5-21(17-26)27-13-11-20-15-25-14-19-4-2-6-23(27)24(19)20/h2,4,6-10,14-15,21H,3,5,11-13,16-17H2,1H3. The van der Waals surface area contributed by atoms with E-state index in [0.29, 0.717) is 6.04 Å². The van der Waals surface area contributed by atoms with Crippen LogP contribution in [0.4, 0.5) is 5.69 Å². The highest BCUT2D eigenvalue weighted by Crippen LogP contribution is 2.36. The van der Waals surface area contributed by atoms with Crippen molar-refractivity contribution in [2.75, 3.05) is 31.6 Å². The SMILES string of the molecule is COc1ccc(CN2CCCC(N3CCc4cncc5cccc3c45)C2)cc1. The fourth-order valence-electron chi connectivity index (χ4n) is 4.87. The van der Waals surface area contributed by atoms with Crippen LogP contribution < -0.4 is 9.64 Å². The number of piperidine rings is 1. The Morgan fingerprint density at radius 3 is 2.82 bits per heavy atom. The third-order valence-corrected chi connectivity index (χ3v) is 6.26. The van der Waals surface area contributed by atoms with Gasteiger partial charge < -0.3 is 9.64 Å². The number of likely N-dealkylation sites (tertiary alicyclic amines) is 1. The molecule has 0 saturated carbocycles. The van der Waals surface area contributed by atoms with Crippen LogP contribution in [0.15, 0.2) is 54.9 Å². The Bertz CT molecular complexity index is 964. The van der Waals surface area contributed by atoms with Crippen molar-refractivity contribution < 1.29 is 4.74 Å². The molecule has 0 amide bonds. The summed E-state index contributed by atoms with van der Waals surface area (Å²) < 4.78 is 5.29. The normalized spacial score (nSPS) is 19.8.